The highest BCUT2D eigenvalue weighted by Crippen LogP contribution is 2.30. The van der Waals surface area contributed by atoms with Crippen LogP contribution in [0.15, 0.2) is 18.2 Å². The van der Waals surface area contributed by atoms with Crippen LogP contribution < -0.4 is 5.32 Å². The molecule has 0 heterocycles. The first-order chi connectivity index (χ1) is 9.90. The minimum atomic E-state index is -4.77. The van der Waals surface area contributed by atoms with Gasteiger partial charge in [0.1, 0.15) is 5.82 Å². The van der Waals surface area contributed by atoms with Crippen molar-refractivity contribution >= 4 is 11.9 Å². The highest BCUT2D eigenvalue weighted by Gasteiger charge is 2.32. The fraction of sp³-hybridized carbons (Fsp3) is 0.429. The third-order valence-electron chi connectivity index (χ3n) is 2.90. The molecule has 1 amide bonds. The van der Waals surface area contributed by atoms with Gasteiger partial charge in [-0.2, -0.15) is 13.2 Å². The second-order valence-corrected chi connectivity index (χ2v) is 5.46. The van der Waals surface area contributed by atoms with E-state index in [4.69, 9.17) is 5.11 Å². The number of rotatable bonds is 5. The second kappa shape index (κ2) is 6.33. The molecular weight excluding hydrogens is 306 g/mol. The maximum absolute atomic E-state index is 13.2. The lowest BCUT2D eigenvalue weighted by Gasteiger charge is -2.25. The number of benzene rings is 1. The summed E-state index contributed by atoms with van der Waals surface area (Å²) in [4.78, 5) is 22.5. The van der Waals surface area contributed by atoms with Crippen molar-refractivity contribution in [2.24, 2.45) is 0 Å². The largest absolute Gasteiger partial charge is 0.481 e. The van der Waals surface area contributed by atoms with E-state index in [1.165, 1.54) is 13.8 Å². The molecule has 4 nitrogen and oxygen atoms in total. The van der Waals surface area contributed by atoms with Crippen molar-refractivity contribution in [2.75, 3.05) is 0 Å². The van der Waals surface area contributed by atoms with Gasteiger partial charge in [0.15, 0.2) is 0 Å². The van der Waals surface area contributed by atoms with Crippen LogP contribution in [-0.4, -0.2) is 22.5 Å². The summed E-state index contributed by atoms with van der Waals surface area (Å²) in [7, 11) is 0. The van der Waals surface area contributed by atoms with E-state index in [2.05, 4.69) is 5.32 Å². The molecule has 1 aromatic rings. The molecule has 0 aliphatic heterocycles. The molecule has 0 fully saturated rings. The molecule has 1 aromatic carbocycles. The van der Waals surface area contributed by atoms with Crippen LogP contribution in [0.2, 0.25) is 0 Å². The van der Waals surface area contributed by atoms with Gasteiger partial charge >= 0.3 is 12.1 Å². The number of amides is 1. The van der Waals surface area contributed by atoms with Crippen LogP contribution >= 0.6 is 0 Å². The SMILES string of the molecule is CC(C)(CCC(=O)O)NC(=O)c1cc(F)cc(C(F)(F)F)c1. The van der Waals surface area contributed by atoms with E-state index in [1.807, 2.05) is 0 Å². The Hall–Kier alpha value is -2.12. The normalized spacial score (nSPS) is 12.1. The van der Waals surface area contributed by atoms with Gasteiger partial charge in [0.25, 0.3) is 5.91 Å². The maximum Gasteiger partial charge on any atom is 0.416 e. The number of carbonyl (C=O) groups is 2. The number of nitrogens with one attached hydrogen (secondary N) is 1. The average molecular weight is 321 g/mol. The Morgan fingerprint density at radius 2 is 1.77 bits per heavy atom. The van der Waals surface area contributed by atoms with Gasteiger partial charge in [-0.15, -0.1) is 0 Å². The lowest BCUT2D eigenvalue weighted by Crippen LogP contribution is -2.43. The summed E-state index contributed by atoms with van der Waals surface area (Å²) in [5.74, 6) is -3.14. The van der Waals surface area contributed by atoms with Crippen molar-refractivity contribution in [3.8, 4) is 0 Å². The molecule has 0 atom stereocenters. The van der Waals surface area contributed by atoms with Crippen LogP contribution in [0.1, 0.15) is 42.6 Å². The number of hydrogen-bond donors (Lipinski definition) is 2. The molecule has 22 heavy (non-hydrogen) atoms. The lowest BCUT2D eigenvalue weighted by molar-refractivity contribution is -0.138. The minimum Gasteiger partial charge on any atom is -0.481 e. The number of halogens is 4. The Labute approximate surface area is 124 Å². The van der Waals surface area contributed by atoms with Crippen molar-refractivity contribution in [3.63, 3.8) is 0 Å². The first kappa shape index (κ1) is 17.9. The summed E-state index contributed by atoms with van der Waals surface area (Å²) in [6.07, 6.45) is -4.91. The van der Waals surface area contributed by atoms with Gasteiger partial charge < -0.3 is 10.4 Å². The van der Waals surface area contributed by atoms with E-state index >= 15 is 0 Å². The van der Waals surface area contributed by atoms with E-state index in [1.54, 1.807) is 0 Å². The van der Waals surface area contributed by atoms with Crippen LogP contribution in [0.3, 0.4) is 0 Å². The standard InChI is InChI=1S/C14H15F4NO3/c1-13(2,4-3-11(20)21)19-12(22)8-5-9(14(16,17)18)7-10(15)6-8/h5-7H,3-4H2,1-2H3,(H,19,22)(H,20,21). The average Bonchev–Trinajstić information content (AvgIpc) is 2.34. The second-order valence-electron chi connectivity index (χ2n) is 5.46. The predicted octanol–water partition coefficient (Wildman–Crippen LogP) is 3.22. The fourth-order valence-electron chi connectivity index (χ4n) is 1.75. The van der Waals surface area contributed by atoms with E-state index in [0.29, 0.717) is 18.2 Å². The molecule has 122 valence electrons. The molecule has 0 bridgehead atoms. The van der Waals surface area contributed by atoms with Crippen molar-refractivity contribution in [1.29, 1.82) is 0 Å². The summed E-state index contributed by atoms with van der Waals surface area (Å²) < 4.78 is 51.0. The number of alkyl halides is 3. The Balaban J connectivity index is 2.94. The molecule has 0 aliphatic carbocycles. The van der Waals surface area contributed by atoms with Crippen molar-refractivity contribution in [2.45, 2.75) is 38.4 Å². The summed E-state index contributed by atoms with van der Waals surface area (Å²) >= 11 is 0. The monoisotopic (exact) mass is 321 g/mol. The summed E-state index contributed by atoms with van der Waals surface area (Å²) in [6.45, 7) is 3.05. The highest BCUT2D eigenvalue weighted by molar-refractivity contribution is 5.94. The molecule has 0 spiro atoms. The summed E-state index contributed by atoms with van der Waals surface area (Å²) in [6, 6.07) is 1.54. The molecule has 2 N–H and O–H groups in total. The Bertz CT molecular complexity index is 582. The van der Waals surface area contributed by atoms with Gasteiger partial charge in [-0.25, -0.2) is 4.39 Å². The molecular formula is C14H15F4NO3. The number of carbonyl (C=O) groups excluding carboxylic acids is 1. The molecule has 0 saturated carbocycles. The van der Waals surface area contributed by atoms with Crippen LogP contribution in [0.5, 0.6) is 0 Å². The van der Waals surface area contributed by atoms with Crippen LogP contribution in [-0.2, 0) is 11.0 Å². The number of carboxylic acid groups (broad SMARTS) is 1. The Morgan fingerprint density at radius 3 is 2.27 bits per heavy atom. The number of hydrogen-bond acceptors (Lipinski definition) is 2. The quantitative estimate of drug-likeness (QED) is 0.818. The zero-order valence-electron chi connectivity index (χ0n) is 11.9. The van der Waals surface area contributed by atoms with E-state index < -0.39 is 40.5 Å². The molecule has 0 aromatic heterocycles. The van der Waals surface area contributed by atoms with Gasteiger partial charge in [0, 0.05) is 17.5 Å². The van der Waals surface area contributed by atoms with Crippen molar-refractivity contribution in [1.82, 2.24) is 5.32 Å². The zero-order valence-corrected chi connectivity index (χ0v) is 11.9. The van der Waals surface area contributed by atoms with E-state index in [0.717, 1.165) is 0 Å². The Kier molecular flexibility index (Phi) is 5.16. The maximum atomic E-state index is 13.2. The first-order valence-corrected chi connectivity index (χ1v) is 6.33. The third kappa shape index (κ3) is 5.34. The highest BCUT2D eigenvalue weighted by atomic mass is 19.4. The summed E-state index contributed by atoms with van der Waals surface area (Å²) in [5, 5.41) is 11.0. The molecule has 0 radical (unpaired) electrons. The van der Waals surface area contributed by atoms with Gasteiger partial charge in [0.05, 0.1) is 5.56 Å². The smallest absolute Gasteiger partial charge is 0.416 e. The van der Waals surface area contributed by atoms with E-state index in [-0.39, 0.29) is 12.8 Å². The van der Waals surface area contributed by atoms with Crippen LogP contribution in [0.25, 0.3) is 0 Å². The number of aliphatic carboxylic acids is 1. The third-order valence-corrected chi connectivity index (χ3v) is 2.90. The predicted molar refractivity (Wildman–Crippen MR) is 69.8 cm³/mol. The van der Waals surface area contributed by atoms with Gasteiger partial charge in [0.2, 0.25) is 0 Å². The molecule has 0 saturated heterocycles. The topological polar surface area (TPSA) is 66.4 Å². The van der Waals surface area contributed by atoms with Crippen LogP contribution in [0, 0.1) is 5.82 Å². The molecule has 0 unspecified atom stereocenters. The fourth-order valence-corrected chi connectivity index (χ4v) is 1.75. The minimum absolute atomic E-state index is 0.0789. The lowest BCUT2D eigenvalue weighted by atomic mass is 9.97. The first-order valence-electron chi connectivity index (χ1n) is 6.33. The van der Waals surface area contributed by atoms with Crippen molar-refractivity contribution in [3.05, 3.63) is 35.1 Å². The van der Waals surface area contributed by atoms with Gasteiger partial charge in [-0.05, 0) is 38.5 Å². The Morgan fingerprint density at radius 1 is 1.18 bits per heavy atom. The number of carboxylic acids is 1. The molecule has 1 rings (SSSR count). The van der Waals surface area contributed by atoms with E-state index in [9.17, 15) is 27.2 Å². The summed E-state index contributed by atoms with van der Waals surface area (Å²) in [5.41, 5.74) is -2.70. The zero-order chi connectivity index (χ0) is 17.1. The molecule has 0 aliphatic rings. The van der Waals surface area contributed by atoms with Crippen LogP contribution in [0.4, 0.5) is 17.6 Å². The van der Waals surface area contributed by atoms with Gasteiger partial charge in [-0.1, -0.05) is 0 Å². The van der Waals surface area contributed by atoms with Gasteiger partial charge in [-0.3, -0.25) is 9.59 Å². The molecule has 8 heteroatoms. The van der Waals surface area contributed by atoms with Crippen molar-refractivity contribution < 1.29 is 32.3 Å².